The number of nitriles is 1. The van der Waals surface area contributed by atoms with Gasteiger partial charge in [-0.25, -0.2) is 0 Å². The van der Waals surface area contributed by atoms with Crippen molar-refractivity contribution in [1.29, 1.82) is 5.26 Å². The van der Waals surface area contributed by atoms with Crippen LogP contribution in [0.1, 0.15) is 25.5 Å². The molecule has 0 amide bonds. The van der Waals surface area contributed by atoms with E-state index in [1.165, 1.54) is 0 Å². The molecule has 0 aliphatic heterocycles. The number of nitrogens with one attached hydrogen (secondary N) is 1. The number of furan rings is 1. The Morgan fingerprint density at radius 3 is 3.00 bits per heavy atom. The van der Waals surface area contributed by atoms with Crippen LogP contribution in [0.4, 0.5) is 0 Å². The van der Waals surface area contributed by atoms with Crippen LogP contribution in [0, 0.1) is 11.3 Å². The third kappa shape index (κ3) is 3.07. The molecule has 1 unspecified atom stereocenters. The van der Waals surface area contributed by atoms with Crippen molar-refractivity contribution in [2.24, 2.45) is 0 Å². The van der Waals surface area contributed by atoms with E-state index in [0.717, 1.165) is 28.9 Å². The van der Waals surface area contributed by atoms with Gasteiger partial charge in [0.25, 0.3) is 0 Å². The lowest BCUT2D eigenvalue weighted by Crippen LogP contribution is -2.27. The van der Waals surface area contributed by atoms with Crippen LogP contribution in [0.25, 0.3) is 11.0 Å². The summed E-state index contributed by atoms with van der Waals surface area (Å²) in [5.41, 5.74) is 0.773. The minimum absolute atomic E-state index is 0.208. The summed E-state index contributed by atoms with van der Waals surface area (Å²) < 4.78 is 11.1. The predicted molar refractivity (Wildman–Crippen MR) is 73.9 cm³/mol. The van der Waals surface area contributed by atoms with Crippen molar-refractivity contribution in [1.82, 2.24) is 5.32 Å². The van der Waals surface area contributed by atoms with E-state index in [4.69, 9.17) is 14.4 Å². The zero-order valence-electron chi connectivity index (χ0n) is 11.3. The van der Waals surface area contributed by atoms with E-state index in [9.17, 15) is 0 Å². The molecule has 4 nitrogen and oxygen atoms in total. The van der Waals surface area contributed by atoms with Crippen LogP contribution >= 0.6 is 0 Å². The smallest absolute Gasteiger partial charge is 0.176 e. The maximum Gasteiger partial charge on any atom is 0.176 e. The van der Waals surface area contributed by atoms with Gasteiger partial charge in [0.15, 0.2) is 11.3 Å². The number of nitrogens with zero attached hydrogens (tertiary/aromatic N) is 1. The van der Waals surface area contributed by atoms with E-state index < -0.39 is 0 Å². The molecule has 0 radical (unpaired) electrons. The normalized spacial score (nSPS) is 12.3. The Morgan fingerprint density at radius 2 is 2.32 bits per heavy atom. The maximum absolute atomic E-state index is 8.72. The topological polar surface area (TPSA) is 58.2 Å². The first-order valence-corrected chi connectivity index (χ1v) is 6.44. The largest absolute Gasteiger partial charge is 0.493 e. The molecule has 0 spiro atoms. The summed E-state index contributed by atoms with van der Waals surface area (Å²) in [6, 6.07) is 10.2. The van der Waals surface area contributed by atoms with Crippen LogP contribution < -0.4 is 10.1 Å². The molecule has 0 saturated carbocycles. The van der Waals surface area contributed by atoms with Crippen molar-refractivity contribution in [3.63, 3.8) is 0 Å². The number of fused-ring (bicyclic) bond motifs is 1. The number of methoxy groups -OCH3 is 1. The van der Waals surface area contributed by atoms with Crippen LogP contribution in [-0.4, -0.2) is 13.2 Å². The highest BCUT2D eigenvalue weighted by Crippen LogP contribution is 2.28. The highest BCUT2D eigenvalue weighted by molar-refractivity contribution is 5.83. The van der Waals surface area contributed by atoms with Gasteiger partial charge in [0.1, 0.15) is 5.76 Å². The molecule has 2 rings (SSSR count). The van der Waals surface area contributed by atoms with Gasteiger partial charge < -0.3 is 14.5 Å². The summed E-state index contributed by atoms with van der Waals surface area (Å²) in [6.07, 6.45) is 1.44. The Labute approximate surface area is 113 Å². The maximum atomic E-state index is 8.72. The van der Waals surface area contributed by atoms with Crippen molar-refractivity contribution >= 4 is 11.0 Å². The van der Waals surface area contributed by atoms with Gasteiger partial charge in [0.05, 0.1) is 26.1 Å². The minimum Gasteiger partial charge on any atom is -0.493 e. The summed E-state index contributed by atoms with van der Waals surface area (Å²) in [7, 11) is 1.63. The summed E-state index contributed by atoms with van der Waals surface area (Å²) >= 11 is 0. The first-order chi connectivity index (χ1) is 9.28. The molecule has 0 bridgehead atoms. The van der Waals surface area contributed by atoms with Crippen LogP contribution in [0.5, 0.6) is 5.75 Å². The van der Waals surface area contributed by atoms with Crippen LogP contribution in [0.2, 0.25) is 0 Å². The summed E-state index contributed by atoms with van der Waals surface area (Å²) in [5, 5.41) is 13.1. The molecule has 1 aromatic heterocycles. The van der Waals surface area contributed by atoms with Gasteiger partial charge in [0.2, 0.25) is 0 Å². The lowest BCUT2D eigenvalue weighted by Gasteiger charge is -2.11. The van der Waals surface area contributed by atoms with Crippen LogP contribution in [-0.2, 0) is 6.54 Å². The molecular formula is C15H18N2O2. The molecule has 2 aromatic rings. The first-order valence-electron chi connectivity index (χ1n) is 6.44. The molecule has 1 N–H and O–H groups in total. The van der Waals surface area contributed by atoms with Gasteiger partial charge in [-0.3, -0.25) is 0 Å². The second-order valence-corrected chi connectivity index (χ2v) is 4.44. The standard InChI is InChI=1S/C15H18N2O2/c1-3-12(7-8-16)17-10-13-9-11-5-4-6-14(18-2)15(11)19-13/h4-6,9,12,17H,3,7,10H2,1-2H3. The molecule has 1 aromatic carbocycles. The summed E-state index contributed by atoms with van der Waals surface area (Å²) in [5.74, 6) is 1.60. The van der Waals surface area contributed by atoms with Crippen LogP contribution in [0.15, 0.2) is 28.7 Å². The second-order valence-electron chi connectivity index (χ2n) is 4.44. The van der Waals surface area contributed by atoms with Gasteiger partial charge in [-0.1, -0.05) is 19.1 Å². The Hall–Kier alpha value is -1.99. The molecule has 0 saturated heterocycles. The van der Waals surface area contributed by atoms with E-state index in [0.29, 0.717) is 13.0 Å². The van der Waals surface area contributed by atoms with Gasteiger partial charge in [0, 0.05) is 11.4 Å². The number of para-hydroxylation sites is 1. The van der Waals surface area contributed by atoms with E-state index in [1.807, 2.05) is 24.3 Å². The fourth-order valence-electron chi connectivity index (χ4n) is 2.05. The average Bonchev–Trinajstić information content (AvgIpc) is 2.86. The zero-order chi connectivity index (χ0) is 13.7. The van der Waals surface area contributed by atoms with Crippen molar-refractivity contribution in [3.8, 4) is 11.8 Å². The average molecular weight is 258 g/mol. The Kier molecular flexibility index (Phi) is 4.43. The van der Waals surface area contributed by atoms with Crippen molar-refractivity contribution < 1.29 is 9.15 Å². The molecule has 0 aliphatic rings. The fraction of sp³-hybridized carbons (Fsp3) is 0.400. The Bertz CT molecular complexity index is 583. The SMILES string of the molecule is CCC(CC#N)NCc1cc2cccc(OC)c2o1. The van der Waals surface area contributed by atoms with Gasteiger partial charge in [-0.05, 0) is 18.6 Å². The number of benzene rings is 1. The molecular weight excluding hydrogens is 240 g/mol. The molecule has 4 heteroatoms. The minimum atomic E-state index is 0.208. The molecule has 100 valence electrons. The number of hydrogen-bond donors (Lipinski definition) is 1. The third-order valence-electron chi connectivity index (χ3n) is 3.17. The highest BCUT2D eigenvalue weighted by Gasteiger charge is 2.10. The molecule has 19 heavy (non-hydrogen) atoms. The van der Waals surface area contributed by atoms with E-state index >= 15 is 0 Å². The number of rotatable bonds is 6. The zero-order valence-corrected chi connectivity index (χ0v) is 11.3. The number of ether oxygens (including phenoxy) is 1. The molecule has 1 heterocycles. The van der Waals surface area contributed by atoms with Crippen molar-refractivity contribution in [2.45, 2.75) is 32.4 Å². The summed E-state index contributed by atoms with van der Waals surface area (Å²) in [4.78, 5) is 0. The van der Waals surface area contributed by atoms with Crippen molar-refractivity contribution in [3.05, 3.63) is 30.0 Å². The van der Waals surface area contributed by atoms with Gasteiger partial charge in [-0.15, -0.1) is 0 Å². The third-order valence-corrected chi connectivity index (χ3v) is 3.17. The molecule has 0 fully saturated rings. The summed E-state index contributed by atoms with van der Waals surface area (Å²) in [6.45, 7) is 2.69. The Balaban J connectivity index is 2.12. The lowest BCUT2D eigenvalue weighted by molar-refractivity contribution is 0.403. The highest BCUT2D eigenvalue weighted by atomic mass is 16.5. The monoisotopic (exact) mass is 258 g/mol. The van der Waals surface area contributed by atoms with Gasteiger partial charge >= 0.3 is 0 Å². The van der Waals surface area contributed by atoms with Crippen molar-refractivity contribution in [2.75, 3.05) is 7.11 Å². The lowest BCUT2D eigenvalue weighted by atomic mass is 10.1. The van der Waals surface area contributed by atoms with E-state index in [2.05, 4.69) is 18.3 Å². The Morgan fingerprint density at radius 1 is 1.47 bits per heavy atom. The fourth-order valence-corrected chi connectivity index (χ4v) is 2.05. The molecule has 1 atom stereocenters. The first kappa shape index (κ1) is 13.4. The van der Waals surface area contributed by atoms with Gasteiger partial charge in [-0.2, -0.15) is 5.26 Å². The van der Waals surface area contributed by atoms with E-state index in [1.54, 1.807) is 7.11 Å². The van der Waals surface area contributed by atoms with E-state index in [-0.39, 0.29) is 6.04 Å². The number of hydrogen-bond acceptors (Lipinski definition) is 4. The van der Waals surface area contributed by atoms with Crippen LogP contribution in [0.3, 0.4) is 0 Å². The molecule has 0 aliphatic carbocycles. The second kappa shape index (κ2) is 6.26. The quantitative estimate of drug-likeness (QED) is 0.864. The predicted octanol–water partition coefficient (Wildman–Crippen LogP) is 3.22.